The second-order valence-electron chi connectivity index (χ2n) is 7.50. The molecule has 30 heavy (non-hydrogen) atoms. The van der Waals surface area contributed by atoms with Crippen LogP contribution in [-0.2, 0) is 22.7 Å². The van der Waals surface area contributed by atoms with Crippen molar-refractivity contribution in [1.29, 1.82) is 0 Å². The van der Waals surface area contributed by atoms with E-state index in [1.807, 2.05) is 25.4 Å². The molecule has 1 saturated heterocycles. The molecule has 0 saturated carbocycles. The van der Waals surface area contributed by atoms with Gasteiger partial charge in [0.2, 0.25) is 11.8 Å². The minimum absolute atomic E-state index is 0.268. The molecule has 0 bridgehead atoms. The molecule has 6 heteroatoms. The lowest BCUT2D eigenvalue weighted by Crippen LogP contribution is -2.21. The van der Waals surface area contributed by atoms with Crippen molar-refractivity contribution in [2.24, 2.45) is 0 Å². The molecule has 6 nitrogen and oxygen atoms in total. The van der Waals surface area contributed by atoms with Crippen LogP contribution >= 0.6 is 0 Å². The topological polar surface area (TPSA) is 78.9 Å². The van der Waals surface area contributed by atoms with Gasteiger partial charge in [0.1, 0.15) is 0 Å². The molecule has 0 aliphatic carbocycles. The number of hydrogen-bond donors (Lipinski definition) is 3. The SMILES string of the molecule is C=Cc1[nH]cc(C2C(=O)NC(=O)C2c2cn(CC)c3c(CNC)cccc23)c1C=C. The van der Waals surface area contributed by atoms with Crippen LogP contribution in [0.15, 0.2) is 43.8 Å². The molecule has 0 spiro atoms. The summed E-state index contributed by atoms with van der Waals surface area (Å²) in [4.78, 5) is 29.0. The van der Waals surface area contributed by atoms with E-state index < -0.39 is 11.8 Å². The zero-order valence-electron chi connectivity index (χ0n) is 17.3. The number of aromatic amines is 1. The van der Waals surface area contributed by atoms with Crippen LogP contribution in [0.2, 0.25) is 0 Å². The number of rotatable bonds is 7. The molecule has 2 amide bonds. The molecule has 3 aromatic rings. The maximum absolute atomic E-state index is 13.0. The molecule has 1 aromatic carbocycles. The molecule has 1 aliphatic rings. The normalized spacial score (nSPS) is 18.7. The van der Waals surface area contributed by atoms with Crippen molar-refractivity contribution >= 4 is 34.9 Å². The second-order valence-corrected chi connectivity index (χ2v) is 7.50. The number of nitrogens with zero attached hydrogens (tertiary/aromatic N) is 1. The van der Waals surface area contributed by atoms with Crippen LogP contribution in [0.25, 0.3) is 23.1 Å². The van der Waals surface area contributed by atoms with Crippen molar-refractivity contribution in [3.8, 4) is 0 Å². The smallest absolute Gasteiger partial charge is 0.235 e. The third kappa shape index (κ3) is 2.92. The fourth-order valence-electron chi connectivity index (χ4n) is 4.64. The van der Waals surface area contributed by atoms with E-state index in [-0.39, 0.29) is 11.8 Å². The van der Waals surface area contributed by atoms with Crippen molar-refractivity contribution in [2.75, 3.05) is 7.05 Å². The molecule has 4 rings (SSSR count). The van der Waals surface area contributed by atoms with Gasteiger partial charge in [-0.15, -0.1) is 0 Å². The Morgan fingerprint density at radius 2 is 1.87 bits per heavy atom. The molecular weight excluding hydrogens is 376 g/mol. The number of aromatic nitrogens is 2. The third-order valence-corrected chi connectivity index (χ3v) is 5.93. The van der Waals surface area contributed by atoms with E-state index in [1.165, 1.54) is 0 Å². The highest BCUT2D eigenvalue weighted by Crippen LogP contribution is 2.43. The maximum Gasteiger partial charge on any atom is 0.235 e. The van der Waals surface area contributed by atoms with E-state index in [0.29, 0.717) is 0 Å². The van der Waals surface area contributed by atoms with Crippen molar-refractivity contribution in [2.45, 2.75) is 31.8 Å². The first kappa shape index (κ1) is 19.9. The number of fused-ring (bicyclic) bond motifs is 1. The number of aryl methyl sites for hydroxylation is 1. The molecule has 0 radical (unpaired) electrons. The van der Waals surface area contributed by atoms with E-state index in [0.717, 1.165) is 51.9 Å². The van der Waals surface area contributed by atoms with Crippen LogP contribution in [0.4, 0.5) is 0 Å². The van der Waals surface area contributed by atoms with Gasteiger partial charge in [-0.25, -0.2) is 0 Å². The van der Waals surface area contributed by atoms with Crippen LogP contribution in [0.1, 0.15) is 46.7 Å². The highest BCUT2D eigenvalue weighted by Gasteiger charge is 2.46. The van der Waals surface area contributed by atoms with Gasteiger partial charge in [0.25, 0.3) is 0 Å². The number of carbonyl (C=O) groups excluding carboxylic acids is 2. The van der Waals surface area contributed by atoms with E-state index in [4.69, 9.17) is 0 Å². The first-order valence-corrected chi connectivity index (χ1v) is 10.1. The number of H-pyrrole nitrogens is 1. The molecule has 1 aliphatic heterocycles. The summed E-state index contributed by atoms with van der Waals surface area (Å²) in [6.45, 7) is 11.3. The van der Waals surface area contributed by atoms with Crippen molar-refractivity contribution in [1.82, 2.24) is 20.2 Å². The van der Waals surface area contributed by atoms with Crippen molar-refractivity contribution in [3.05, 3.63) is 71.7 Å². The Morgan fingerprint density at radius 1 is 1.13 bits per heavy atom. The number of hydrogen-bond acceptors (Lipinski definition) is 3. The second kappa shape index (κ2) is 7.80. The average molecular weight is 402 g/mol. The highest BCUT2D eigenvalue weighted by atomic mass is 16.2. The molecular formula is C24H26N4O2. The van der Waals surface area contributed by atoms with Crippen molar-refractivity contribution < 1.29 is 9.59 Å². The van der Waals surface area contributed by atoms with Gasteiger partial charge in [-0.05, 0) is 36.7 Å². The fraction of sp³-hybridized carbons (Fsp3) is 0.250. The first-order valence-electron chi connectivity index (χ1n) is 10.1. The Kier molecular flexibility index (Phi) is 5.18. The van der Waals surface area contributed by atoms with E-state index >= 15 is 0 Å². The number of benzene rings is 1. The zero-order valence-corrected chi connectivity index (χ0v) is 17.3. The fourth-order valence-corrected chi connectivity index (χ4v) is 4.64. The summed E-state index contributed by atoms with van der Waals surface area (Å²) >= 11 is 0. The predicted molar refractivity (Wildman–Crippen MR) is 120 cm³/mol. The van der Waals surface area contributed by atoms with Gasteiger partial charge in [0.05, 0.1) is 17.4 Å². The summed E-state index contributed by atoms with van der Waals surface area (Å²) < 4.78 is 2.16. The van der Waals surface area contributed by atoms with Crippen LogP contribution in [-0.4, -0.2) is 28.4 Å². The van der Waals surface area contributed by atoms with Gasteiger partial charge >= 0.3 is 0 Å². The van der Waals surface area contributed by atoms with Gasteiger partial charge in [-0.2, -0.15) is 0 Å². The lowest BCUT2D eigenvalue weighted by Gasteiger charge is -2.15. The monoisotopic (exact) mass is 402 g/mol. The summed E-state index contributed by atoms with van der Waals surface area (Å²) in [5.41, 5.74) is 5.48. The first-order chi connectivity index (χ1) is 14.5. The van der Waals surface area contributed by atoms with Gasteiger partial charge < -0.3 is 14.9 Å². The minimum atomic E-state index is -0.626. The summed E-state index contributed by atoms with van der Waals surface area (Å²) in [6.07, 6.45) is 7.21. The Labute approximate surface area is 175 Å². The molecule has 2 unspecified atom stereocenters. The summed E-state index contributed by atoms with van der Waals surface area (Å²) in [6, 6.07) is 6.12. The van der Waals surface area contributed by atoms with Crippen LogP contribution < -0.4 is 10.6 Å². The Bertz CT molecular complexity index is 1170. The van der Waals surface area contributed by atoms with Crippen LogP contribution in [0, 0.1) is 0 Å². The van der Waals surface area contributed by atoms with Crippen LogP contribution in [0.5, 0.6) is 0 Å². The Hall–Kier alpha value is -3.38. The summed E-state index contributed by atoms with van der Waals surface area (Å²) in [5, 5.41) is 6.76. The molecule has 3 heterocycles. The van der Waals surface area contributed by atoms with Gasteiger partial charge in [0, 0.05) is 42.1 Å². The number of imide groups is 1. The van der Waals surface area contributed by atoms with Crippen molar-refractivity contribution in [3.63, 3.8) is 0 Å². The maximum atomic E-state index is 13.0. The van der Waals surface area contributed by atoms with E-state index in [1.54, 1.807) is 18.3 Å². The molecule has 2 atom stereocenters. The lowest BCUT2D eigenvalue weighted by atomic mass is 9.82. The Morgan fingerprint density at radius 3 is 2.50 bits per heavy atom. The highest BCUT2D eigenvalue weighted by molar-refractivity contribution is 6.12. The number of para-hydroxylation sites is 1. The Balaban J connectivity index is 1.93. The third-order valence-electron chi connectivity index (χ3n) is 5.93. The van der Waals surface area contributed by atoms with E-state index in [9.17, 15) is 9.59 Å². The van der Waals surface area contributed by atoms with E-state index in [2.05, 4.69) is 46.3 Å². The lowest BCUT2D eigenvalue weighted by molar-refractivity contribution is -0.125. The van der Waals surface area contributed by atoms with Gasteiger partial charge in [-0.3, -0.25) is 14.9 Å². The van der Waals surface area contributed by atoms with Gasteiger partial charge in [0.15, 0.2) is 0 Å². The number of nitrogens with one attached hydrogen (secondary N) is 3. The minimum Gasteiger partial charge on any atom is -0.361 e. The predicted octanol–water partition coefficient (Wildman–Crippen LogP) is 3.52. The van der Waals surface area contributed by atoms with Crippen LogP contribution in [0.3, 0.4) is 0 Å². The summed E-state index contributed by atoms with van der Waals surface area (Å²) in [7, 11) is 1.91. The standard InChI is InChI=1S/C24H26N4O2/c1-5-15-17(12-26-19(15)6-2)20-21(24(30)27-23(20)29)18-13-28(7-3)22-14(11-25-4)9-8-10-16(18)22/h5-6,8-10,12-13,20-21,25-26H,1-2,7,11H2,3-4H3,(H,27,29,30). The summed E-state index contributed by atoms with van der Waals surface area (Å²) in [5.74, 6) is -1.79. The molecule has 154 valence electrons. The molecule has 2 aromatic heterocycles. The zero-order chi connectivity index (χ0) is 21.4. The quantitative estimate of drug-likeness (QED) is 0.529. The largest absolute Gasteiger partial charge is 0.361 e. The molecule has 3 N–H and O–H groups in total. The number of carbonyl (C=O) groups is 2. The number of amides is 2. The average Bonchev–Trinajstić information content (AvgIpc) is 3.40. The molecule has 1 fully saturated rings. The van der Waals surface area contributed by atoms with Gasteiger partial charge in [-0.1, -0.05) is 37.4 Å².